The maximum absolute atomic E-state index is 11.7. The molecule has 3 heteroatoms. The molecule has 1 aromatic carbocycles. The van der Waals surface area contributed by atoms with E-state index in [4.69, 9.17) is 4.74 Å². The molecule has 72 valence electrons. The van der Waals surface area contributed by atoms with E-state index in [2.05, 4.69) is 0 Å². The highest BCUT2D eigenvalue weighted by molar-refractivity contribution is 7.70. The molecule has 0 spiro atoms. The fraction of sp³-hybridized carbons (Fsp3) is 0.400. The predicted octanol–water partition coefficient (Wildman–Crippen LogP) is 2.25. The third-order valence-electron chi connectivity index (χ3n) is 2.01. The lowest BCUT2D eigenvalue weighted by Crippen LogP contribution is -2.03. The Morgan fingerprint density at radius 1 is 1.31 bits per heavy atom. The van der Waals surface area contributed by atoms with Crippen molar-refractivity contribution in [3.8, 4) is 5.75 Å². The standard InChI is InChI=1S/C10H15O2P/c1-8-5-6-9(13(3,4)11)7-10(8)12-2/h5-7H,1-4H3. The first-order valence-corrected chi connectivity index (χ1v) is 6.75. The monoisotopic (exact) mass is 198 g/mol. The van der Waals surface area contributed by atoms with E-state index in [0.717, 1.165) is 16.6 Å². The molecule has 0 aliphatic rings. The summed E-state index contributed by atoms with van der Waals surface area (Å²) in [6.45, 7) is 5.49. The fourth-order valence-electron chi connectivity index (χ4n) is 1.14. The Bertz CT molecular complexity index is 352. The summed E-state index contributed by atoms with van der Waals surface area (Å²) < 4.78 is 16.9. The lowest BCUT2D eigenvalue weighted by molar-refractivity contribution is 0.412. The van der Waals surface area contributed by atoms with Gasteiger partial charge in [-0.05, 0) is 31.9 Å². The molecule has 0 N–H and O–H groups in total. The summed E-state index contributed by atoms with van der Waals surface area (Å²) in [4.78, 5) is 0. The number of benzene rings is 1. The molecule has 1 aromatic rings. The minimum Gasteiger partial charge on any atom is -0.496 e. The molecule has 0 aromatic heterocycles. The van der Waals surface area contributed by atoms with Gasteiger partial charge in [0, 0.05) is 5.30 Å². The Kier molecular flexibility index (Phi) is 2.82. The van der Waals surface area contributed by atoms with Gasteiger partial charge in [-0.1, -0.05) is 12.1 Å². The molecular weight excluding hydrogens is 183 g/mol. The molecule has 0 fully saturated rings. The highest BCUT2D eigenvalue weighted by atomic mass is 31.2. The molecule has 0 bridgehead atoms. The number of ether oxygens (including phenoxy) is 1. The van der Waals surface area contributed by atoms with E-state index in [0.29, 0.717) is 0 Å². The van der Waals surface area contributed by atoms with Gasteiger partial charge >= 0.3 is 0 Å². The second kappa shape index (κ2) is 3.55. The summed E-state index contributed by atoms with van der Waals surface area (Å²) in [5.74, 6) is 0.807. The Balaban J connectivity index is 3.22. The third-order valence-corrected chi connectivity index (χ3v) is 3.54. The second-order valence-electron chi connectivity index (χ2n) is 3.50. The summed E-state index contributed by atoms with van der Waals surface area (Å²) in [6, 6.07) is 5.70. The van der Waals surface area contributed by atoms with Crippen LogP contribution in [0.4, 0.5) is 0 Å². The molecule has 0 aliphatic carbocycles. The zero-order valence-corrected chi connectivity index (χ0v) is 9.39. The summed E-state index contributed by atoms with van der Waals surface area (Å²) in [5.41, 5.74) is 1.07. The number of rotatable bonds is 2. The topological polar surface area (TPSA) is 26.3 Å². The van der Waals surface area contributed by atoms with Crippen LogP contribution in [0.1, 0.15) is 5.56 Å². The van der Waals surface area contributed by atoms with Crippen molar-refractivity contribution < 1.29 is 9.30 Å². The van der Waals surface area contributed by atoms with Gasteiger partial charge in [-0.15, -0.1) is 0 Å². The van der Waals surface area contributed by atoms with Crippen molar-refractivity contribution in [2.45, 2.75) is 6.92 Å². The number of hydrogen-bond acceptors (Lipinski definition) is 2. The quantitative estimate of drug-likeness (QED) is 0.681. The van der Waals surface area contributed by atoms with Gasteiger partial charge in [0.15, 0.2) is 0 Å². The highest BCUT2D eigenvalue weighted by Gasteiger charge is 2.12. The van der Waals surface area contributed by atoms with Crippen molar-refractivity contribution in [3.63, 3.8) is 0 Å². The molecule has 0 unspecified atom stereocenters. The molecule has 0 atom stereocenters. The van der Waals surface area contributed by atoms with Crippen molar-refractivity contribution in [2.24, 2.45) is 0 Å². The first kappa shape index (κ1) is 10.3. The molecule has 1 rings (SSSR count). The van der Waals surface area contributed by atoms with Crippen LogP contribution in [0, 0.1) is 6.92 Å². The number of hydrogen-bond donors (Lipinski definition) is 0. The zero-order chi connectivity index (χ0) is 10.1. The first-order valence-electron chi connectivity index (χ1n) is 4.15. The molecule has 2 nitrogen and oxygen atoms in total. The minimum atomic E-state index is -2.16. The van der Waals surface area contributed by atoms with E-state index in [9.17, 15) is 4.57 Å². The van der Waals surface area contributed by atoms with Crippen LogP contribution in [0.3, 0.4) is 0 Å². The van der Waals surface area contributed by atoms with Gasteiger partial charge in [0.05, 0.1) is 7.11 Å². The lowest BCUT2D eigenvalue weighted by atomic mass is 10.2. The van der Waals surface area contributed by atoms with Gasteiger partial charge in [-0.3, -0.25) is 0 Å². The van der Waals surface area contributed by atoms with Crippen molar-refractivity contribution in [1.82, 2.24) is 0 Å². The van der Waals surface area contributed by atoms with Crippen molar-refractivity contribution in [1.29, 1.82) is 0 Å². The average Bonchev–Trinajstić information content (AvgIpc) is 2.03. The average molecular weight is 198 g/mol. The van der Waals surface area contributed by atoms with Gasteiger partial charge in [0.2, 0.25) is 0 Å². The smallest absolute Gasteiger partial charge is 0.122 e. The van der Waals surface area contributed by atoms with Crippen LogP contribution in [0.2, 0.25) is 0 Å². The van der Waals surface area contributed by atoms with Gasteiger partial charge in [0.25, 0.3) is 0 Å². The first-order chi connectivity index (χ1) is 5.95. The molecule has 0 aliphatic heterocycles. The van der Waals surface area contributed by atoms with Gasteiger partial charge < -0.3 is 9.30 Å². The summed E-state index contributed by atoms with van der Waals surface area (Å²) >= 11 is 0. The Morgan fingerprint density at radius 3 is 2.38 bits per heavy atom. The SMILES string of the molecule is COc1cc(P(C)(C)=O)ccc1C. The van der Waals surface area contributed by atoms with Crippen LogP contribution in [0.25, 0.3) is 0 Å². The number of aryl methyl sites for hydroxylation is 1. The van der Waals surface area contributed by atoms with E-state index in [-0.39, 0.29) is 0 Å². The molecule has 0 saturated heterocycles. The van der Waals surface area contributed by atoms with Crippen LogP contribution in [-0.2, 0) is 4.57 Å². The highest BCUT2D eigenvalue weighted by Crippen LogP contribution is 2.36. The predicted molar refractivity (Wildman–Crippen MR) is 56.8 cm³/mol. The largest absolute Gasteiger partial charge is 0.496 e. The van der Waals surface area contributed by atoms with Crippen LogP contribution in [-0.4, -0.2) is 20.4 Å². The summed E-state index contributed by atoms with van der Waals surface area (Å²) in [5, 5.41) is 0.870. The third kappa shape index (κ3) is 2.35. The molecule has 0 heterocycles. The van der Waals surface area contributed by atoms with Crippen LogP contribution in [0.5, 0.6) is 5.75 Å². The Hall–Kier alpha value is -0.750. The van der Waals surface area contributed by atoms with Crippen LogP contribution in [0.15, 0.2) is 18.2 Å². The normalized spacial score (nSPS) is 11.4. The molecule has 0 radical (unpaired) electrons. The van der Waals surface area contributed by atoms with Crippen LogP contribution >= 0.6 is 7.14 Å². The zero-order valence-electron chi connectivity index (χ0n) is 8.50. The van der Waals surface area contributed by atoms with Crippen molar-refractivity contribution >= 4 is 12.4 Å². The van der Waals surface area contributed by atoms with Crippen molar-refractivity contribution in [2.75, 3.05) is 20.4 Å². The molecule has 13 heavy (non-hydrogen) atoms. The van der Waals surface area contributed by atoms with E-state index in [1.165, 1.54) is 0 Å². The summed E-state index contributed by atoms with van der Waals surface area (Å²) in [6.07, 6.45) is 0. The Morgan fingerprint density at radius 2 is 1.92 bits per heavy atom. The number of methoxy groups -OCH3 is 1. The molecule has 0 amide bonds. The van der Waals surface area contributed by atoms with E-state index in [1.807, 2.05) is 25.1 Å². The van der Waals surface area contributed by atoms with Gasteiger partial charge in [-0.25, -0.2) is 0 Å². The van der Waals surface area contributed by atoms with Gasteiger partial charge in [-0.2, -0.15) is 0 Å². The fourth-order valence-corrected chi connectivity index (χ4v) is 2.01. The molecule has 0 saturated carbocycles. The maximum Gasteiger partial charge on any atom is 0.122 e. The van der Waals surface area contributed by atoms with Crippen molar-refractivity contribution in [3.05, 3.63) is 23.8 Å². The van der Waals surface area contributed by atoms with E-state index < -0.39 is 7.14 Å². The Labute approximate surface area is 79.3 Å². The summed E-state index contributed by atoms with van der Waals surface area (Å²) in [7, 11) is -0.531. The van der Waals surface area contributed by atoms with E-state index in [1.54, 1.807) is 20.4 Å². The molecular formula is C10H15O2P. The minimum absolute atomic E-state index is 0.807. The van der Waals surface area contributed by atoms with Gasteiger partial charge in [0.1, 0.15) is 12.9 Å². The maximum atomic E-state index is 11.7. The van der Waals surface area contributed by atoms with E-state index >= 15 is 0 Å². The second-order valence-corrected chi connectivity index (χ2v) is 6.72. The van der Waals surface area contributed by atoms with Crippen LogP contribution < -0.4 is 10.0 Å². The lowest BCUT2D eigenvalue weighted by Gasteiger charge is -2.10.